The molecule has 0 atom stereocenters. The fourth-order valence-electron chi connectivity index (χ4n) is 2.89. The topological polar surface area (TPSA) is 59.3 Å². The second kappa shape index (κ2) is 8.53. The van der Waals surface area contributed by atoms with Crippen molar-refractivity contribution in [2.75, 3.05) is 0 Å². The van der Waals surface area contributed by atoms with E-state index >= 15 is 0 Å². The lowest BCUT2D eigenvalue weighted by Gasteiger charge is -2.07. The van der Waals surface area contributed by atoms with E-state index in [4.69, 9.17) is 5.11 Å². The quantitative estimate of drug-likeness (QED) is 0.669. The van der Waals surface area contributed by atoms with Gasteiger partial charge in [-0.25, -0.2) is 4.79 Å². The van der Waals surface area contributed by atoms with Crippen molar-refractivity contribution in [3.63, 3.8) is 0 Å². The summed E-state index contributed by atoms with van der Waals surface area (Å²) in [7, 11) is 0. The van der Waals surface area contributed by atoms with Crippen LogP contribution < -0.4 is 5.56 Å². The summed E-state index contributed by atoms with van der Waals surface area (Å²) in [5, 5.41) is 8.95. The Morgan fingerprint density at radius 1 is 0.964 bits per heavy atom. The van der Waals surface area contributed by atoms with Gasteiger partial charge >= 0.3 is 5.97 Å². The zero-order valence-corrected chi connectivity index (χ0v) is 16.0. The largest absolute Gasteiger partial charge is 0.478 e. The van der Waals surface area contributed by atoms with Gasteiger partial charge in [-0.2, -0.15) is 0 Å². The third kappa shape index (κ3) is 4.86. The van der Waals surface area contributed by atoms with Crippen LogP contribution in [0.25, 0.3) is 12.2 Å². The first-order chi connectivity index (χ1) is 13.4. The Morgan fingerprint density at radius 2 is 1.61 bits per heavy atom. The Morgan fingerprint density at radius 3 is 2.18 bits per heavy atom. The number of rotatable bonds is 6. The Balaban J connectivity index is 1.71. The number of benzene rings is 2. The number of hydrogen-bond donors (Lipinski definition) is 1. The van der Waals surface area contributed by atoms with Gasteiger partial charge in [-0.1, -0.05) is 62.4 Å². The molecule has 0 saturated carbocycles. The van der Waals surface area contributed by atoms with Crippen molar-refractivity contribution in [2.45, 2.75) is 26.3 Å². The molecule has 3 aromatic rings. The number of carbonyl (C=O) groups is 1. The smallest absolute Gasteiger partial charge is 0.335 e. The molecular weight excluding hydrogens is 350 g/mol. The van der Waals surface area contributed by atoms with Crippen molar-refractivity contribution >= 4 is 18.1 Å². The molecule has 142 valence electrons. The zero-order valence-electron chi connectivity index (χ0n) is 16.0. The van der Waals surface area contributed by atoms with Crippen LogP contribution in [0.4, 0.5) is 0 Å². The SMILES string of the molecule is CC(C)c1ccc(/C=C/c2ccn(Cc3ccc(C(=O)O)cc3)c(=O)c2)cc1. The fourth-order valence-corrected chi connectivity index (χ4v) is 2.89. The summed E-state index contributed by atoms with van der Waals surface area (Å²) in [4.78, 5) is 23.3. The molecule has 0 aliphatic carbocycles. The summed E-state index contributed by atoms with van der Waals surface area (Å²) in [5.41, 5.74) is 4.25. The average Bonchev–Trinajstić information content (AvgIpc) is 2.69. The average molecular weight is 373 g/mol. The highest BCUT2D eigenvalue weighted by Gasteiger charge is 2.03. The van der Waals surface area contributed by atoms with Gasteiger partial charge in [0, 0.05) is 12.3 Å². The van der Waals surface area contributed by atoms with Crippen LogP contribution in [0, 0.1) is 0 Å². The first kappa shape index (κ1) is 19.4. The zero-order chi connectivity index (χ0) is 20.1. The highest BCUT2D eigenvalue weighted by Crippen LogP contribution is 2.16. The van der Waals surface area contributed by atoms with Crippen LogP contribution in [0.5, 0.6) is 0 Å². The Hall–Kier alpha value is -3.40. The van der Waals surface area contributed by atoms with Gasteiger partial charge in [-0.15, -0.1) is 0 Å². The molecule has 1 heterocycles. The Labute approximate surface area is 164 Å². The molecule has 0 fully saturated rings. The van der Waals surface area contributed by atoms with Crippen LogP contribution in [-0.2, 0) is 6.54 Å². The van der Waals surface area contributed by atoms with Crippen LogP contribution in [-0.4, -0.2) is 15.6 Å². The maximum Gasteiger partial charge on any atom is 0.335 e. The number of carboxylic acid groups (broad SMARTS) is 1. The van der Waals surface area contributed by atoms with Gasteiger partial charge in [0.05, 0.1) is 12.1 Å². The van der Waals surface area contributed by atoms with E-state index in [9.17, 15) is 9.59 Å². The molecule has 0 amide bonds. The molecular formula is C24H23NO3. The summed E-state index contributed by atoms with van der Waals surface area (Å²) >= 11 is 0. The molecule has 1 N–H and O–H groups in total. The number of pyridine rings is 1. The lowest BCUT2D eigenvalue weighted by atomic mass is 10.0. The molecule has 3 rings (SSSR count). The van der Waals surface area contributed by atoms with Crippen LogP contribution >= 0.6 is 0 Å². The number of hydrogen-bond acceptors (Lipinski definition) is 2. The molecule has 2 aromatic carbocycles. The third-order valence-electron chi connectivity index (χ3n) is 4.65. The van der Waals surface area contributed by atoms with E-state index in [0.29, 0.717) is 12.5 Å². The summed E-state index contributed by atoms with van der Waals surface area (Å²) in [6.45, 7) is 4.74. The van der Waals surface area contributed by atoms with Gasteiger partial charge in [0.15, 0.2) is 0 Å². The van der Waals surface area contributed by atoms with Crippen molar-refractivity contribution in [2.24, 2.45) is 0 Å². The third-order valence-corrected chi connectivity index (χ3v) is 4.65. The van der Waals surface area contributed by atoms with Crippen molar-refractivity contribution in [1.82, 2.24) is 4.57 Å². The van der Waals surface area contributed by atoms with Crippen LogP contribution in [0.2, 0.25) is 0 Å². The van der Waals surface area contributed by atoms with Gasteiger partial charge < -0.3 is 9.67 Å². The van der Waals surface area contributed by atoms with Crippen molar-refractivity contribution in [3.05, 3.63) is 105 Å². The minimum Gasteiger partial charge on any atom is -0.478 e. The van der Waals surface area contributed by atoms with Crippen LogP contribution in [0.3, 0.4) is 0 Å². The lowest BCUT2D eigenvalue weighted by Crippen LogP contribution is -2.19. The van der Waals surface area contributed by atoms with Crippen molar-refractivity contribution in [3.8, 4) is 0 Å². The van der Waals surface area contributed by atoms with E-state index in [2.05, 4.69) is 38.1 Å². The number of aromatic nitrogens is 1. The normalized spacial score (nSPS) is 11.2. The van der Waals surface area contributed by atoms with Gasteiger partial charge in [-0.05, 0) is 46.4 Å². The molecule has 0 radical (unpaired) electrons. The van der Waals surface area contributed by atoms with E-state index in [1.807, 2.05) is 18.2 Å². The van der Waals surface area contributed by atoms with E-state index in [1.54, 1.807) is 41.1 Å². The minimum atomic E-state index is -0.960. The Kier molecular flexibility index (Phi) is 5.90. The van der Waals surface area contributed by atoms with E-state index in [1.165, 1.54) is 5.56 Å². The molecule has 0 saturated heterocycles. The second-order valence-corrected chi connectivity index (χ2v) is 7.08. The minimum absolute atomic E-state index is 0.0976. The van der Waals surface area contributed by atoms with Gasteiger partial charge in [0.1, 0.15) is 0 Å². The molecule has 0 unspecified atom stereocenters. The maximum atomic E-state index is 12.4. The molecule has 0 aliphatic rings. The number of aromatic carboxylic acids is 1. The molecule has 28 heavy (non-hydrogen) atoms. The molecule has 4 nitrogen and oxygen atoms in total. The molecule has 0 spiro atoms. The summed E-state index contributed by atoms with van der Waals surface area (Å²) in [6, 6.07) is 18.4. The molecule has 0 aliphatic heterocycles. The number of nitrogens with zero attached hydrogens (tertiary/aromatic N) is 1. The highest BCUT2D eigenvalue weighted by molar-refractivity contribution is 5.87. The maximum absolute atomic E-state index is 12.4. The second-order valence-electron chi connectivity index (χ2n) is 7.08. The Bertz CT molecular complexity index is 1040. The molecule has 1 aromatic heterocycles. The van der Waals surface area contributed by atoms with Gasteiger partial charge in [0.2, 0.25) is 0 Å². The van der Waals surface area contributed by atoms with Crippen LogP contribution in [0.15, 0.2) is 71.7 Å². The number of carboxylic acids is 1. The molecule has 4 heteroatoms. The highest BCUT2D eigenvalue weighted by atomic mass is 16.4. The fraction of sp³-hybridized carbons (Fsp3) is 0.167. The predicted molar refractivity (Wildman–Crippen MR) is 113 cm³/mol. The summed E-state index contributed by atoms with van der Waals surface area (Å²) in [6.07, 6.45) is 5.68. The lowest BCUT2D eigenvalue weighted by molar-refractivity contribution is 0.0697. The van der Waals surface area contributed by atoms with Gasteiger partial charge in [0.25, 0.3) is 5.56 Å². The van der Waals surface area contributed by atoms with Crippen LogP contribution in [0.1, 0.15) is 52.4 Å². The monoisotopic (exact) mass is 373 g/mol. The molecule has 0 bridgehead atoms. The van der Waals surface area contributed by atoms with Gasteiger partial charge in [-0.3, -0.25) is 4.79 Å². The van der Waals surface area contributed by atoms with Crippen molar-refractivity contribution < 1.29 is 9.90 Å². The summed E-state index contributed by atoms with van der Waals surface area (Å²) < 4.78 is 1.60. The summed E-state index contributed by atoms with van der Waals surface area (Å²) in [5.74, 6) is -0.454. The van der Waals surface area contributed by atoms with Crippen molar-refractivity contribution in [1.29, 1.82) is 0 Å². The van der Waals surface area contributed by atoms with E-state index in [-0.39, 0.29) is 11.1 Å². The van der Waals surface area contributed by atoms with E-state index in [0.717, 1.165) is 16.7 Å². The van der Waals surface area contributed by atoms with E-state index < -0.39 is 5.97 Å². The first-order valence-electron chi connectivity index (χ1n) is 9.23. The predicted octanol–water partition coefficient (Wildman–Crippen LogP) is 4.89. The standard InChI is InChI=1S/C24H23NO3/c1-17(2)21-9-5-18(6-10-21)3-4-19-13-14-25(23(26)15-19)16-20-7-11-22(12-8-20)24(27)28/h3-15,17H,16H2,1-2H3,(H,27,28)/b4-3+. The first-order valence-corrected chi connectivity index (χ1v) is 9.23.